The minimum atomic E-state index is -0.938. The second-order valence-corrected chi connectivity index (χ2v) is 4.23. The molecular weight excluding hydrogens is 264 g/mol. The summed E-state index contributed by atoms with van der Waals surface area (Å²) in [5.41, 5.74) is 7.50. The smallest absolute Gasteiger partial charge is 0.206 e. The summed E-state index contributed by atoms with van der Waals surface area (Å²) < 4.78 is 33.1. The first-order valence-electron chi connectivity index (χ1n) is 5.88. The molecule has 0 bridgehead atoms. The highest BCUT2D eigenvalue weighted by Crippen LogP contribution is 2.29. The maximum absolute atomic E-state index is 13.4. The Kier molecular flexibility index (Phi) is 2.78. The molecule has 1 heterocycles. The van der Waals surface area contributed by atoms with Crippen LogP contribution in [0.25, 0.3) is 16.7 Å². The number of para-hydroxylation sites is 1. The highest BCUT2D eigenvalue weighted by atomic mass is 19.2. The molecule has 0 atom stereocenters. The van der Waals surface area contributed by atoms with Crippen molar-refractivity contribution in [1.82, 2.24) is 9.55 Å². The predicted molar refractivity (Wildman–Crippen MR) is 72.0 cm³/mol. The molecule has 0 saturated heterocycles. The molecule has 0 saturated carbocycles. The lowest BCUT2D eigenvalue weighted by atomic mass is 10.2. The van der Waals surface area contributed by atoms with Gasteiger partial charge in [-0.3, -0.25) is 4.57 Å². The molecule has 0 aliphatic carbocycles. The number of rotatable bonds is 2. The molecule has 4 nitrogen and oxygen atoms in total. The molecule has 0 unspecified atom stereocenters. The van der Waals surface area contributed by atoms with Gasteiger partial charge in [-0.15, -0.1) is 0 Å². The van der Waals surface area contributed by atoms with Crippen LogP contribution in [0.15, 0.2) is 36.4 Å². The van der Waals surface area contributed by atoms with E-state index in [1.165, 1.54) is 13.2 Å². The fourth-order valence-corrected chi connectivity index (χ4v) is 2.15. The van der Waals surface area contributed by atoms with E-state index in [1.54, 1.807) is 22.8 Å². The van der Waals surface area contributed by atoms with Crippen molar-refractivity contribution < 1.29 is 13.5 Å². The number of aromatic nitrogens is 2. The van der Waals surface area contributed by atoms with Crippen molar-refractivity contribution >= 4 is 17.0 Å². The Bertz CT molecular complexity index is 798. The Hall–Kier alpha value is -2.63. The maximum Gasteiger partial charge on any atom is 0.206 e. The van der Waals surface area contributed by atoms with Crippen LogP contribution in [0, 0.1) is 11.6 Å². The number of methoxy groups -OCH3 is 1. The highest BCUT2D eigenvalue weighted by molar-refractivity contribution is 5.86. The van der Waals surface area contributed by atoms with E-state index in [4.69, 9.17) is 10.5 Å². The Balaban J connectivity index is 2.30. The van der Waals surface area contributed by atoms with Crippen molar-refractivity contribution in [1.29, 1.82) is 0 Å². The zero-order valence-corrected chi connectivity index (χ0v) is 10.6. The van der Waals surface area contributed by atoms with Gasteiger partial charge in [0.05, 0.1) is 18.3 Å². The van der Waals surface area contributed by atoms with Gasteiger partial charge in [0.25, 0.3) is 0 Å². The van der Waals surface area contributed by atoms with Gasteiger partial charge in [0.1, 0.15) is 11.3 Å². The fourth-order valence-electron chi connectivity index (χ4n) is 2.15. The molecule has 20 heavy (non-hydrogen) atoms. The Morgan fingerprint density at radius 3 is 2.65 bits per heavy atom. The van der Waals surface area contributed by atoms with Crippen molar-refractivity contribution in [3.8, 4) is 11.4 Å². The number of imidazole rings is 1. The van der Waals surface area contributed by atoms with Crippen molar-refractivity contribution in [2.45, 2.75) is 0 Å². The van der Waals surface area contributed by atoms with Crippen LogP contribution in [0.4, 0.5) is 14.7 Å². The molecule has 3 aromatic rings. The molecule has 0 amide bonds. The van der Waals surface area contributed by atoms with E-state index >= 15 is 0 Å². The first-order chi connectivity index (χ1) is 9.61. The van der Waals surface area contributed by atoms with E-state index in [1.807, 2.05) is 0 Å². The van der Waals surface area contributed by atoms with Gasteiger partial charge >= 0.3 is 0 Å². The van der Waals surface area contributed by atoms with E-state index in [9.17, 15) is 8.78 Å². The quantitative estimate of drug-likeness (QED) is 0.782. The van der Waals surface area contributed by atoms with Crippen LogP contribution in [0.5, 0.6) is 5.75 Å². The Morgan fingerprint density at radius 2 is 1.95 bits per heavy atom. The van der Waals surface area contributed by atoms with Crippen LogP contribution in [0.1, 0.15) is 0 Å². The molecule has 0 aliphatic rings. The van der Waals surface area contributed by atoms with Gasteiger partial charge in [-0.2, -0.15) is 0 Å². The van der Waals surface area contributed by atoms with E-state index < -0.39 is 11.6 Å². The topological polar surface area (TPSA) is 53.1 Å². The van der Waals surface area contributed by atoms with Crippen molar-refractivity contribution in [2.75, 3.05) is 12.8 Å². The number of nitrogens with zero attached hydrogens (tertiary/aromatic N) is 2. The number of hydrogen-bond acceptors (Lipinski definition) is 3. The van der Waals surface area contributed by atoms with Gasteiger partial charge in [-0.05, 0) is 24.3 Å². The molecule has 1 aromatic heterocycles. The van der Waals surface area contributed by atoms with Gasteiger partial charge in [0, 0.05) is 6.07 Å². The molecule has 0 radical (unpaired) electrons. The zero-order chi connectivity index (χ0) is 14.3. The lowest BCUT2D eigenvalue weighted by molar-refractivity contribution is 0.419. The summed E-state index contributed by atoms with van der Waals surface area (Å²) in [5.74, 6) is -1.10. The lowest BCUT2D eigenvalue weighted by Crippen LogP contribution is -2.01. The molecule has 0 aliphatic heterocycles. The molecular formula is C14H11F2N3O. The van der Waals surface area contributed by atoms with E-state index in [-0.39, 0.29) is 5.95 Å². The SMILES string of the molecule is COc1cccc2c1nc(N)n2-c1ccc(F)c(F)c1. The van der Waals surface area contributed by atoms with E-state index in [2.05, 4.69) is 4.98 Å². The number of nitrogens with two attached hydrogens (primary N) is 1. The maximum atomic E-state index is 13.4. The standard InChI is InChI=1S/C14H11F2N3O/c1-20-12-4-2-3-11-13(12)18-14(17)19(11)8-5-6-9(15)10(16)7-8/h2-7H,1H3,(H2,17,18). The molecule has 2 aromatic carbocycles. The monoisotopic (exact) mass is 275 g/mol. The van der Waals surface area contributed by atoms with E-state index in [0.29, 0.717) is 22.5 Å². The summed E-state index contributed by atoms with van der Waals surface area (Å²) in [4.78, 5) is 4.21. The van der Waals surface area contributed by atoms with Crippen LogP contribution in [-0.2, 0) is 0 Å². The second kappa shape index (κ2) is 4.48. The van der Waals surface area contributed by atoms with Crippen molar-refractivity contribution in [2.24, 2.45) is 0 Å². The summed E-state index contributed by atoms with van der Waals surface area (Å²) in [6.07, 6.45) is 0. The van der Waals surface area contributed by atoms with E-state index in [0.717, 1.165) is 12.1 Å². The number of anilines is 1. The Labute approximate surface area is 113 Å². The third kappa shape index (κ3) is 1.77. The van der Waals surface area contributed by atoms with Gasteiger partial charge < -0.3 is 10.5 Å². The summed E-state index contributed by atoms with van der Waals surface area (Å²) in [6, 6.07) is 8.88. The van der Waals surface area contributed by atoms with Crippen LogP contribution in [0.3, 0.4) is 0 Å². The van der Waals surface area contributed by atoms with Gasteiger partial charge in [-0.1, -0.05) is 6.07 Å². The zero-order valence-electron chi connectivity index (χ0n) is 10.6. The van der Waals surface area contributed by atoms with Gasteiger partial charge in [0.2, 0.25) is 5.95 Å². The van der Waals surface area contributed by atoms with Gasteiger partial charge in [0.15, 0.2) is 11.6 Å². The van der Waals surface area contributed by atoms with Gasteiger partial charge in [-0.25, -0.2) is 13.8 Å². The average Bonchev–Trinajstić information content (AvgIpc) is 2.78. The largest absolute Gasteiger partial charge is 0.494 e. The number of benzene rings is 2. The lowest BCUT2D eigenvalue weighted by Gasteiger charge is -2.07. The summed E-state index contributed by atoms with van der Waals surface area (Å²) in [5, 5.41) is 0. The Morgan fingerprint density at radius 1 is 1.15 bits per heavy atom. The first-order valence-corrected chi connectivity index (χ1v) is 5.88. The van der Waals surface area contributed by atoms with Crippen molar-refractivity contribution in [3.05, 3.63) is 48.0 Å². The number of ether oxygens (including phenoxy) is 1. The van der Waals surface area contributed by atoms with Crippen LogP contribution in [0.2, 0.25) is 0 Å². The minimum absolute atomic E-state index is 0.176. The second-order valence-electron chi connectivity index (χ2n) is 4.23. The first kappa shape index (κ1) is 12.4. The molecule has 2 N–H and O–H groups in total. The average molecular weight is 275 g/mol. The number of nitrogen functional groups attached to an aromatic ring is 1. The summed E-state index contributed by atoms with van der Waals surface area (Å²) in [6.45, 7) is 0. The number of halogens is 2. The van der Waals surface area contributed by atoms with Crippen LogP contribution < -0.4 is 10.5 Å². The number of fused-ring (bicyclic) bond motifs is 1. The van der Waals surface area contributed by atoms with Crippen LogP contribution in [-0.4, -0.2) is 16.7 Å². The molecule has 0 fully saturated rings. The summed E-state index contributed by atoms with van der Waals surface area (Å²) in [7, 11) is 1.53. The van der Waals surface area contributed by atoms with Crippen molar-refractivity contribution in [3.63, 3.8) is 0 Å². The minimum Gasteiger partial charge on any atom is -0.494 e. The predicted octanol–water partition coefficient (Wildman–Crippen LogP) is 2.89. The third-order valence-electron chi connectivity index (χ3n) is 3.06. The number of hydrogen-bond donors (Lipinski definition) is 1. The highest BCUT2D eigenvalue weighted by Gasteiger charge is 2.14. The molecule has 0 spiro atoms. The molecule has 102 valence electrons. The molecule has 3 rings (SSSR count). The third-order valence-corrected chi connectivity index (χ3v) is 3.06. The normalized spacial score (nSPS) is 10.9. The summed E-state index contributed by atoms with van der Waals surface area (Å²) >= 11 is 0. The fraction of sp³-hybridized carbons (Fsp3) is 0.0714. The molecule has 6 heteroatoms. The van der Waals surface area contributed by atoms with Crippen LogP contribution >= 0.6 is 0 Å².